The molecule has 19 heavy (non-hydrogen) atoms. The van der Waals surface area contributed by atoms with Crippen molar-refractivity contribution in [1.29, 1.82) is 0 Å². The van der Waals surface area contributed by atoms with Crippen LogP contribution in [0.4, 0.5) is 0 Å². The molecule has 1 N–H and O–H groups in total. The van der Waals surface area contributed by atoms with Gasteiger partial charge in [0.25, 0.3) is 0 Å². The molecular weight excluding hydrogens is 236 g/mol. The zero-order valence-electron chi connectivity index (χ0n) is 12.0. The molecule has 1 saturated heterocycles. The monoisotopic (exact) mass is 260 g/mol. The van der Waals surface area contributed by atoms with Crippen LogP contribution in [0.2, 0.25) is 0 Å². The fourth-order valence-electron chi connectivity index (χ4n) is 2.57. The topological polar surface area (TPSA) is 32.3 Å². The Morgan fingerprint density at radius 2 is 2.00 bits per heavy atom. The van der Waals surface area contributed by atoms with Gasteiger partial charge in [0.15, 0.2) is 5.78 Å². The minimum absolute atomic E-state index is 0.288. The van der Waals surface area contributed by atoms with Crippen molar-refractivity contribution in [3.63, 3.8) is 0 Å². The zero-order chi connectivity index (χ0) is 13.7. The number of benzene rings is 1. The molecule has 2 rings (SSSR count). The normalized spacial score (nSPS) is 16.5. The summed E-state index contributed by atoms with van der Waals surface area (Å²) in [7, 11) is 0. The average molecular weight is 260 g/mol. The quantitative estimate of drug-likeness (QED) is 0.824. The predicted molar refractivity (Wildman–Crippen MR) is 78.8 cm³/mol. The Morgan fingerprint density at radius 1 is 1.26 bits per heavy atom. The zero-order valence-corrected chi connectivity index (χ0v) is 12.0. The summed E-state index contributed by atoms with van der Waals surface area (Å²) in [4.78, 5) is 14.7. The number of nitrogens with zero attached hydrogens (tertiary/aromatic N) is 1. The fraction of sp³-hybridized carbons (Fsp3) is 0.562. The second-order valence-corrected chi connectivity index (χ2v) is 5.44. The van der Waals surface area contributed by atoms with Gasteiger partial charge in [-0.25, -0.2) is 0 Å². The summed E-state index contributed by atoms with van der Waals surface area (Å²) in [6.45, 7) is 9.46. The predicted octanol–water partition coefficient (Wildman–Crippen LogP) is 2.17. The Morgan fingerprint density at radius 3 is 2.74 bits per heavy atom. The first-order chi connectivity index (χ1) is 9.16. The molecule has 0 spiro atoms. The second-order valence-electron chi connectivity index (χ2n) is 5.44. The molecule has 0 unspecified atom stereocenters. The highest BCUT2D eigenvalue weighted by Gasteiger charge is 2.12. The molecular formula is C16H24N2O. The third-order valence-electron chi connectivity index (χ3n) is 3.78. The second kappa shape index (κ2) is 6.83. The summed E-state index contributed by atoms with van der Waals surface area (Å²) < 4.78 is 0. The number of carbonyl (C=O) groups is 1. The lowest BCUT2D eigenvalue weighted by Gasteiger charge is -2.26. The lowest BCUT2D eigenvalue weighted by molar-refractivity contribution is 0.0973. The first-order valence-electron chi connectivity index (χ1n) is 7.20. The Balaban J connectivity index is 1.82. The van der Waals surface area contributed by atoms with Crippen molar-refractivity contribution < 1.29 is 4.79 Å². The van der Waals surface area contributed by atoms with E-state index >= 15 is 0 Å². The highest BCUT2D eigenvalue weighted by atomic mass is 16.1. The Hall–Kier alpha value is -1.19. The lowest BCUT2D eigenvalue weighted by Crippen LogP contribution is -2.43. The van der Waals surface area contributed by atoms with Gasteiger partial charge in [0.1, 0.15) is 0 Å². The molecule has 0 radical (unpaired) electrons. The summed E-state index contributed by atoms with van der Waals surface area (Å²) in [5, 5.41) is 3.34. The molecule has 0 saturated carbocycles. The number of nitrogens with one attached hydrogen (secondary N) is 1. The van der Waals surface area contributed by atoms with Gasteiger partial charge in [-0.3, -0.25) is 4.79 Å². The minimum atomic E-state index is 0.288. The maximum atomic E-state index is 12.2. The molecule has 1 aromatic carbocycles. The molecule has 1 fully saturated rings. The maximum Gasteiger partial charge on any atom is 0.163 e. The van der Waals surface area contributed by atoms with Crippen LogP contribution in [-0.4, -0.2) is 43.4 Å². The van der Waals surface area contributed by atoms with E-state index in [-0.39, 0.29) is 5.78 Å². The fourth-order valence-corrected chi connectivity index (χ4v) is 2.57. The standard InChI is InChI=1S/C16H24N2O/c1-13-5-6-14(2)15(12-13)16(19)4-3-9-18-10-7-17-8-11-18/h5-6,12,17H,3-4,7-11H2,1-2H3. The van der Waals surface area contributed by atoms with Gasteiger partial charge in [-0.1, -0.05) is 17.7 Å². The molecule has 1 heterocycles. The number of hydrogen-bond donors (Lipinski definition) is 1. The van der Waals surface area contributed by atoms with Crippen molar-refractivity contribution in [3.05, 3.63) is 34.9 Å². The number of Topliss-reactive ketones (excluding diaryl/α,β-unsaturated/α-hetero) is 1. The van der Waals surface area contributed by atoms with Crippen molar-refractivity contribution in [2.45, 2.75) is 26.7 Å². The lowest BCUT2D eigenvalue weighted by atomic mass is 9.99. The van der Waals surface area contributed by atoms with E-state index in [1.165, 1.54) is 0 Å². The molecule has 3 nitrogen and oxygen atoms in total. The van der Waals surface area contributed by atoms with Gasteiger partial charge in [0.05, 0.1) is 0 Å². The van der Waals surface area contributed by atoms with Crippen LogP contribution in [0.3, 0.4) is 0 Å². The SMILES string of the molecule is Cc1ccc(C)c(C(=O)CCCN2CCNCC2)c1. The summed E-state index contributed by atoms with van der Waals surface area (Å²) in [6.07, 6.45) is 1.63. The highest BCUT2D eigenvalue weighted by Crippen LogP contribution is 2.14. The van der Waals surface area contributed by atoms with Crippen LogP contribution in [0.5, 0.6) is 0 Å². The van der Waals surface area contributed by atoms with Crippen LogP contribution in [-0.2, 0) is 0 Å². The van der Waals surface area contributed by atoms with Gasteiger partial charge >= 0.3 is 0 Å². The summed E-state index contributed by atoms with van der Waals surface area (Å²) >= 11 is 0. The third-order valence-corrected chi connectivity index (χ3v) is 3.78. The van der Waals surface area contributed by atoms with E-state index < -0.39 is 0 Å². The highest BCUT2D eigenvalue weighted by molar-refractivity contribution is 5.97. The van der Waals surface area contributed by atoms with E-state index in [1.54, 1.807) is 0 Å². The Labute approximate surface area is 116 Å². The van der Waals surface area contributed by atoms with Crippen molar-refractivity contribution >= 4 is 5.78 Å². The van der Waals surface area contributed by atoms with Crippen molar-refractivity contribution in [2.24, 2.45) is 0 Å². The van der Waals surface area contributed by atoms with Crippen LogP contribution >= 0.6 is 0 Å². The number of ketones is 1. The summed E-state index contributed by atoms with van der Waals surface area (Å²) in [6, 6.07) is 6.12. The van der Waals surface area contributed by atoms with Crippen LogP contribution in [0, 0.1) is 13.8 Å². The van der Waals surface area contributed by atoms with Gasteiger partial charge in [0, 0.05) is 38.2 Å². The van der Waals surface area contributed by atoms with Gasteiger partial charge in [-0.15, -0.1) is 0 Å². The van der Waals surface area contributed by atoms with E-state index in [0.29, 0.717) is 6.42 Å². The van der Waals surface area contributed by atoms with Gasteiger partial charge in [-0.2, -0.15) is 0 Å². The van der Waals surface area contributed by atoms with Crippen LogP contribution in [0.25, 0.3) is 0 Å². The van der Waals surface area contributed by atoms with Crippen LogP contribution in [0.1, 0.15) is 34.3 Å². The molecule has 0 bridgehead atoms. The molecule has 1 aliphatic rings. The van der Waals surface area contributed by atoms with Crippen molar-refractivity contribution in [2.75, 3.05) is 32.7 Å². The molecule has 0 aliphatic carbocycles. The van der Waals surface area contributed by atoms with E-state index in [2.05, 4.69) is 16.3 Å². The number of piperazine rings is 1. The molecule has 0 atom stereocenters. The van der Waals surface area contributed by atoms with Crippen LogP contribution in [0.15, 0.2) is 18.2 Å². The molecule has 104 valence electrons. The average Bonchev–Trinajstić information content (AvgIpc) is 2.42. The Kier molecular flexibility index (Phi) is 5.11. The van der Waals surface area contributed by atoms with Crippen molar-refractivity contribution in [3.8, 4) is 0 Å². The Bertz CT molecular complexity index is 436. The molecule has 1 aliphatic heterocycles. The van der Waals surface area contributed by atoms with E-state index in [4.69, 9.17) is 0 Å². The van der Waals surface area contributed by atoms with Gasteiger partial charge in [-0.05, 0) is 38.4 Å². The molecule has 0 amide bonds. The smallest absolute Gasteiger partial charge is 0.163 e. The van der Waals surface area contributed by atoms with Crippen molar-refractivity contribution in [1.82, 2.24) is 10.2 Å². The summed E-state index contributed by atoms with van der Waals surface area (Å²) in [5.74, 6) is 0.288. The van der Waals surface area contributed by atoms with Gasteiger partial charge in [0.2, 0.25) is 0 Å². The van der Waals surface area contributed by atoms with Crippen LogP contribution < -0.4 is 5.32 Å². The minimum Gasteiger partial charge on any atom is -0.314 e. The number of hydrogen-bond acceptors (Lipinski definition) is 3. The van der Waals surface area contributed by atoms with E-state index in [9.17, 15) is 4.79 Å². The number of carbonyl (C=O) groups excluding carboxylic acids is 1. The van der Waals surface area contributed by atoms with E-state index in [0.717, 1.165) is 55.8 Å². The first-order valence-corrected chi connectivity index (χ1v) is 7.20. The first kappa shape index (κ1) is 14.2. The third kappa shape index (κ3) is 4.15. The largest absolute Gasteiger partial charge is 0.314 e. The number of aryl methyl sites for hydroxylation is 2. The maximum absolute atomic E-state index is 12.2. The van der Waals surface area contributed by atoms with Gasteiger partial charge < -0.3 is 10.2 Å². The molecule has 1 aromatic rings. The molecule has 3 heteroatoms. The summed E-state index contributed by atoms with van der Waals surface area (Å²) in [5.41, 5.74) is 3.16. The number of rotatable bonds is 5. The van der Waals surface area contributed by atoms with E-state index in [1.807, 2.05) is 26.0 Å². The molecule has 0 aromatic heterocycles.